The van der Waals surface area contributed by atoms with Crippen LogP contribution < -0.4 is 5.73 Å². The maximum Gasteiger partial charge on any atom is 0.164 e. The van der Waals surface area contributed by atoms with Gasteiger partial charge < -0.3 is 5.73 Å². The van der Waals surface area contributed by atoms with Crippen molar-refractivity contribution in [2.24, 2.45) is 13.0 Å². The molecule has 0 bridgehead atoms. The highest BCUT2D eigenvalue weighted by molar-refractivity contribution is 5.54. The molecule has 0 saturated carbocycles. The molecule has 0 aliphatic heterocycles. The van der Waals surface area contributed by atoms with Gasteiger partial charge in [0.05, 0.1) is 11.8 Å². The van der Waals surface area contributed by atoms with Crippen LogP contribution in [-0.2, 0) is 13.5 Å². The summed E-state index contributed by atoms with van der Waals surface area (Å²) in [6.45, 7) is 4.31. The third kappa shape index (κ3) is 2.81. The van der Waals surface area contributed by atoms with Crippen LogP contribution in [-0.4, -0.2) is 19.7 Å². The van der Waals surface area contributed by atoms with E-state index < -0.39 is 0 Å². The van der Waals surface area contributed by atoms with Gasteiger partial charge in [-0.05, 0) is 12.3 Å². The number of aromatic nitrogens is 4. The Morgan fingerprint density at radius 2 is 2.12 bits per heavy atom. The molecule has 5 heteroatoms. The van der Waals surface area contributed by atoms with E-state index in [1.807, 2.05) is 19.3 Å². The second-order valence-corrected chi connectivity index (χ2v) is 4.61. The Kier molecular flexibility index (Phi) is 3.08. The average molecular weight is 231 g/mol. The molecule has 0 aliphatic carbocycles. The van der Waals surface area contributed by atoms with Crippen molar-refractivity contribution in [3.63, 3.8) is 0 Å². The second kappa shape index (κ2) is 4.53. The monoisotopic (exact) mass is 231 g/mol. The van der Waals surface area contributed by atoms with Crippen molar-refractivity contribution in [1.82, 2.24) is 19.7 Å². The van der Waals surface area contributed by atoms with Crippen molar-refractivity contribution in [2.75, 3.05) is 5.73 Å². The maximum atomic E-state index is 5.80. The predicted octanol–water partition coefficient (Wildman–Crippen LogP) is 1.66. The Bertz CT molecular complexity index is 515. The van der Waals surface area contributed by atoms with Crippen LogP contribution in [0.2, 0.25) is 0 Å². The summed E-state index contributed by atoms with van der Waals surface area (Å²) in [5, 5.41) is 4.11. The van der Waals surface area contributed by atoms with Crippen LogP contribution in [0.3, 0.4) is 0 Å². The van der Waals surface area contributed by atoms with Crippen LogP contribution in [0.1, 0.15) is 19.5 Å². The Labute approximate surface area is 101 Å². The Balaban J connectivity index is 2.37. The number of anilines is 1. The number of aryl methyl sites for hydroxylation is 1. The molecule has 5 nitrogen and oxygen atoms in total. The lowest BCUT2D eigenvalue weighted by molar-refractivity contribution is 0.635. The van der Waals surface area contributed by atoms with Gasteiger partial charge >= 0.3 is 0 Å². The van der Waals surface area contributed by atoms with E-state index >= 15 is 0 Å². The SMILES string of the molecule is CC(C)Cc1cc(N)nc(-c2cnn(C)c2)n1. The molecule has 90 valence electrons. The lowest BCUT2D eigenvalue weighted by atomic mass is 10.1. The molecule has 0 aliphatic rings. The zero-order valence-corrected chi connectivity index (χ0v) is 10.4. The summed E-state index contributed by atoms with van der Waals surface area (Å²) in [6, 6.07) is 1.83. The number of nitrogens with zero attached hydrogens (tertiary/aromatic N) is 4. The van der Waals surface area contributed by atoms with Gasteiger partial charge in [-0.25, -0.2) is 9.97 Å². The molecule has 2 aromatic heterocycles. The van der Waals surface area contributed by atoms with Crippen LogP contribution in [0.5, 0.6) is 0 Å². The van der Waals surface area contributed by atoms with Gasteiger partial charge in [0.2, 0.25) is 0 Å². The van der Waals surface area contributed by atoms with E-state index in [0.29, 0.717) is 17.6 Å². The van der Waals surface area contributed by atoms with E-state index in [1.54, 1.807) is 10.9 Å². The Morgan fingerprint density at radius 1 is 1.35 bits per heavy atom. The van der Waals surface area contributed by atoms with Gasteiger partial charge in [0.1, 0.15) is 5.82 Å². The molecule has 2 aromatic rings. The average Bonchev–Trinajstić information content (AvgIpc) is 2.62. The molecule has 2 rings (SSSR count). The number of nitrogen functional groups attached to an aromatic ring is 1. The molecular formula is C12H17N5. The van der Waals surface area contributed by atoms with E-state index in [4.69, 9.17) is 5.73 Å². The summed E-state index contributed by atoms with van der Waals surface area (Å²) in [7, 11) is 1.87. The van der Waals surface area contributed by atoms with Gasteiger partial charge in [-0.2, -0.15) is 5.10 Å². The van der Waals surface area contributed by atoms with Crippen molar-refractivity contribution in [1.29, 1.82) is 0 Å². The van der Waals surface area contributed by atoms with E-state index in [-0.39, 0.29) is 0 Å². The molecule has 2 heterocycles. The minimum atomic E-state index is 0.509. The van der Waals surface area contributed by atoms with Gasteiger partial charge in [0.15, 0.2) is 5.82 Å². The van der Waals surface area contributed by atoms with E-state index in [1.165, 1.54) is 0 Å². The largest absolute Gasteiger partial charge is 0.384 e. The minimum Gasteiger partial charge on any atom is -0.384 e. The normalized spacial score (nSPS) is 11.1. The zero-order valence-electron chi connectivity index (χ0n) is 10.4. The predicted molar refractivity (Wildman–Crippen MR) is 67.2 cm³/mol. The topological polar surface area (TPSA) is 69.6 Å². The molecule has 17 heavy (non-hydrogen) atoms. The quantitative estimate of drug-likeness (QED) is 0.872. The summed E-state index contributed by atoms with van der Waals surface area (Å²) in [5.74, 6) is 1.70. The zero-order chi connectivity index (χ0) is 12.4. The van der Waals surface area contributed by atoms with Crippen molar-refractivity contribution >= 4 is 5.82 Å². The molecule has 0 amide bonds. The molecule has 2 N–H and O–H groups in total. The molecule has 0 radical (unpaired) electrons. The second-order valence-electron chi connectivity index (χ2n) is 4.61. The summed E-state index contributed by atoms with van der Waals surface area (Å²) in [6.07, 6.45) is 4.53. The fourth-order valence-corrected chi connectivity index (χ4v) is 1.71. The molecule has 0 saturated heterocycles. The first-order valence-corrected chi connectivity index (χ1v) is 5.67. The number of nitrogens with two attached hydrogens (primary N) is 1. The van der Waals surface area contributed by atoms with Crippen molar-refractivity contribution in [2.45, 2.75) is 20.3 Å². The molecule has 0 unspecified atom stereocenters. The van der Waals surface area contributed by atoms with Crippen LogP contribution in [0.25, 0.3) is 11.4 Å². The maximum absolute atomic E-state index is 5.80. The third-order valence-corrected chi connectivity index (χ3v) is 2.38. The van der Waals surface area contributed by atoms with Crippen LogP contribution >= 0.6 is 0 Å². The smallest absolute Gasteiger partial charge is 0.164 e. The fraction of sp³-hybridized carbons (Fsp3) is 0.417. The highest BCUT2D eigenvalue weighted by atomic mass is 15.2. The van der Waals surface area contributed by atoms with Gasteiger partial charge in [-0.15, -0.1) is 0 Å². The Hall–Kier alpha value is -1.91. The standard InChI is InChI=1S/C12H17N5/c1-8(2)4-10-5-11(13)16-12(15-10)9-6-14-17(3)7-9/h5-8H,4H2,1-3H3,(H2,13,15,16). The lowest BCUT2D eigenvalue weighted by Gasteiger charge is -2.06. The molecule has 0 fully saturated rings. The van der Waals surface area contributed by atoms with E-state index in [9.17, 15) is 0 Å². The number of rotatable bonds is 3. The summed E-state index contributed by atoms with van der Waals surface area (Å²) in [5.41, 5.74) is 7.67. The number of hydrogen-bond donors (Lipinski definition) is 1. The summed E-state index contributed by atoms with van der Waals surface area (Å²) in [4.78, 5) is 8.75. The van der Waals surface area contributed by atoms with Crippen molar-refractivity contribution in [3.05, 3.63) is 24.2 Å². The highest BCUT2D eigenvalue weighted by Crippen LogP contribution is 2.17. The van der Waals surface area contributed by atoms with Crippen LogP contribution in [0.4, 0.5) is 5.82 Å². The van der Waals surface area contributed by atoms with Gasteiger partial charge in [-0.3, -0.25) is 4.68 Å². The van der Waals surface area contributed by atoms with Gasteiger partial charge in [-0.1, -0.05) is 13.8 Å². The van der Waals surface area contributed by atoms with Crippen molar-refractivity contribution < 1.29 is 0 Å². The van der Waals surface area contributed by atoms with Crippen LogP contribution in [0.15, 0.2) is 18.5 Å². The molecular weight excluding hydrogens is 214 g/mol. The minimum absolute atomic E-state index is 0.509. The molecule has 0 atom stereocenters. The molecule has 0 spiro atoms. The van der Waals surface area contributed by atoms with Crippen LogP contribution in [0, 0.1) is 5.92 Å². The fourth-order valence-electron chi connectivity index (χ4n) is 1.71. The highest BCUT2D eigenvalue weighted by Gasteiger charge is 2.08. The Morgan fingerprint density at radius 3 is 2.71 bits per heavy atom. The van der Waals surface area contributed by atoms with E-state index in [0.717, 1.165) is 17.7 Å². The third-order valence-electron chi connectivity index (χ3n) is 2.38. The first kappa shape index (κ1) is 11.6. The molecule has 0 aromatic carbocycles. The van der Waals surface area contributed by atoms with Gasteiger partial charge in [0, 0.05) is 25.0 Å². The van der Waals surface area contributed by atoms with Crippen molar-refractivity contribution in [3.8, 4) is 11.4 Å². The lowest BCUT2D eigenvalue weighted by Crippen LogP contribution is -2.03. The summed E-state index contributed by atoms with van der Waals surface area (Å²) < 4.78 is 1.73. The van der Waals surface area contributed by atoms with Gasteiger partial charge in [0.25, 0.3) is 0 Å². The first-order valence-electron chi connectivity index (χ1n) is 5.67. The first-order chi connectivity index (χ1) is 8.04. The summed E-state index contributed by atoms with van der Waals surface area (Å²) >= 11 is 0. The number of hydrogen-bond acceptors (Lipinski definition) is 4. The van der Waals surface area contributed by atoms with E-state index in [2.05, 4.69) is 28.9 Å².